The highest BCUT2D eigenvalue weighted by Gasteiger charge is 2.37. The second-order valence-electron chi connectivity index (χ2n) is 8.06. The minimum atomic E-state index is -0.663. The Hall–Kier alpha value is -1.18. The van der Waals surface area contributed by atoms with Crippen molar-refractivity contribution in [1.29, 1.82) is 0 Å². The molecule has 0 radical (unpaired) electrons. The molecule has 0 unspecified atom stereocenters. The van der Waals surface area contributed by atoms with Crippen LogP contribution in [0.1, 0.15) is 75.8 Å². The molecule has 0 aliphatic heterocycles. The Morgan fingerprint density at radius 2 is 1.70 bits per heavy atom. The molecule has 0 nitrogen and oxygen atoms in total. The Kier molecular flexibility index (Phi) is 4.62. The van der Waals surface area contributed by atoms with Crippen LogP contribution >= 0.6 is 0 Å². The molecule has 3 rings (SSSR count). The van der Waals surface area contributed by atoms with Crippen molar-refractivity contribution in [3.8, 4) is 0 Å². The van der Waals surface area contributed by atoms with Crippen molar-refractivity contribution in [2.45, 2.75) is 71.6 Å². The van der Waals surface area contributed by atoms with E-state index in [0.717, 1.165) is 31.6 Å². The predicted octanol–water partition coefficient (Wildman–Crippen LogP) is 6.68. The van der Waals surface area contributed by atoms with Gasteiger partial charge in [-0.3, -0.25) is 0 Å². The summed E-state index contributed by atoms with van der Waals surface area (Å²) in [6, 6.07) is 3.52. The maximum Gasteiger partial charge on any atom is 0.162 e. The largest absolute Gasteiger partial charge is 0.203 e. The third kappa shape index (κ3) is 3.22. The molecule has 2 heteroatoms. The number of benzene rings is 1. The Morgan fingerprint density at radius 1 is 1.00 bits per heavy atom. The molecule has 23 heavy (non-hydrogen) atoms. The molecule has 1 fully saturated rings. The van der Waals surface area contributed by atoms with Gasteiger partial charge >= 0.3 is 0 Å². The smallest absolute Gasteiger partial charge is 0.162 e. The second-order valence-corrected chi connectivity index (χ2v) is 8.06. The summed E-state index contributed by atoms with van der Waals surface area (Å²) < 4.78 is 28.1. The van der Waals surface area contributed by atoms with E-state index in [1.54, 1.807) is 19.1 Å². The van der Waals surface area contributed by atoms with Crippen LogP contribution < -0.4 is 0 Å². The van der Waals surface area contributed by atoms with E-state index in [-0.39, 0.29) is 5.92 Å². The molecular weight excluding hydrogens is 290 g/mol. The first kappa shape index (κ1) is 16.7. The lowest BCUT2D eigenvalue weighted by atomic mass is 9.62. The second kappa shape index (κ2) is 6.37. The van der Waals surface area contributed by atoms with Gasteiger partial charge in [-0.05, 0) is 87.2 Å². The van der Waals surface area contributed by atoms with Crippen LogP contribution in [0.15, 0.2) is 23.8 Å². The molecule has 1 aromatic carbocycles. The van der Waals surface area contributed by atoms with Crippen molar-refractivity contribution in [3.63, 3.8) is 0 Å². The summed E-state index contributed by atoms with van der Waals surface area (Å²) >= 11 is 0. The molecule has 2 aliphatic rings. The summed E-state index contributed by atoms with van der Waals surface area (Å²) in [5, 5.41) is 0. The van der Waals surface area contributed by atoms with Crippen LogP contribution in [-0.2, 0) is 0 Å². The lowest BCUT2D eigenvalue weighted by Gasteiger charge is -2.43. The quantitative estimate of drug-likeness (QED) is 0.533. The summed E-state index contributed by atoms with van der Waals surface area (Å²) in [7, 11) is 0. The molecule has 1 saturated carbocycles. The number of hydrogen-bond acceptors (Lipinski definition) is 0. The molecule has 2 aliphatic carbocycles. The first-order valence-corrected chi connectivity index (χ1v) is 9.01. The Bertz CT molecular complexity index is 609. The van der Waals surface area contributed by atoms with E-state index in [9.17, 15) is 8.78 Å². The van der Waals surface area contributed by atoms with E-state index >= 15 is 0 Å². The fourth-order valence-corrected chi connectivity index (χ4v) is 4.54. The molecule has 126 valence electrons. The van der Waals surface area contributed by atoms with Gasteiger partial charge in [-0.2, -0.15) is 0 Å². The van der Waals surface area contributed by atoms with Crippen LogP contribution in [0.5, 0.6) is 0 Å². The minimum Gasteiger partial charge on any atom is -0.203 e. The zero-order chi connectivity index (χ0) is 16.6. The lowest BCUT2D eigenvalue weighted by molar-refractivity contribution is 0.114. The summed E-state index contributed by atoms with van der Waals surface area (Å²) in [5.74, 6) is -0.368. The molecule has 0 saturated heterocycles. The van der Waals surface area contributed by atoms with E-state index in [1.165, 1.54) is 24.8 Å². The highest BCUT2D eigenvalue weighted by molar-refractivity contribution is 5.28. The van der Waals surface area contributed by atoms with E-state index in [1.807, 2.05) is 0 Å². The Morgan fingerprint density at radius 3 is 2.30 bits per heavy atom. The van der Waals surface area contributed by atoms with Crippen LogP contribution in [0.25, 0.3) is 0 Å². The number of hydrogen-bond donors (Lipinski definition) is 0. The SMILES string of the molecule is CC1=CC[C@](C)(C2CCC(c3ccc(C)c(F)c3F)CC2)CC1. The van der Waals surface area contributed by atoms with Crippen LogP contribution in [0.2, 0.25) is 0 Å². The van der Waals surface area contributed by atoms with E-state index < -0.39 is 11.6 Å². The van der Waals surface area contributed by atoms with Crippen molar-refractivity contribution in [3.05, 3.63) is 46.5 Å². The van der Waals surface area contributed by atoms with Gasteiger partial charge in [0.05, 0.1) is 0 Å². The summed E-state index contributed by atoms with van der Waals surface area (Å²) in [4.78, 5) is 0. The van der Waals surface area contributed by atoms with Gasteiger partial charge in [0.2, 0.25) is 0 Å². The minimum absolute atomic E-state index is 0.186. The lowest BCUT2D eigenvalue weighted by Crippen LogP contribution is -2.32. The van der Waals surface area contributed by atoms with Gasteiger partial charge in [0.15, 0.2) is 11.6 Å². The molecule has 1 aromatic rings. The molecule has 0 amide bonds. The Balaban J connectivity index is 1.68. The first-order chi connectivity index (χ1) is 10.9. The fraction of sp³-hybridized carbons (Fsp3) is 0.619. The van der Waals surface area contributed by atoms with Gasteiger partial charge in [0.25, 0.3) is 0 Å². The fourth-order valence-electron chi connectivity index (χ4n) is 4.54. The monoisotopic (exact) mass is 318 g/mol. The van der Waals surface area contributed by atoms with Gasteiger partial charge in [0.1, 0.15) is 0 Å². The van der Waals surface area contributed by atoms with E-state index in [4.69, 9.17) is 0 Å². The number of allylic oxidation sites excluding steroid dienone is 2. The average molecular weight is 318 g/mol. The number of aryl methyl sites for hydroxylation is 1. The van der Waals surface area contributed by atoms with Gasteiger partial charge in [-0.1, -0.05) is 30.7 Å². The molecule has 0 aromatic heterocycles. The van der Waals surface area contributed by atoms with E-state index in [2.05, 4.69) is 19.9 Å². The van der Waals surface area contributed by atoms with E-state index in [0.29, 0.717) is 16.5 Å². The molecule has 1 atom stereocenters. The van der Waals surface area contributed by atoms with Crippen molar-refractivity contribution in [2.75, 3.05) is 0 Å². The highest BCUT2D eigenvalue weighted by Crippen LogP contribution is 2.50. The highest BCUT2D eigenvalue weighted by atomic mass is 19.2. The molecule has 0 N–H and O–H groups in total. The topological polar surface area (TPSA) is 0 Å². The van der Waals surface area contributed by atoms with Gasteiger partial charge in [-0.15, -0.1) is 0 Å². The van der Waals surface area contributed by atoms with Gasteiger partial charge in [0, 0.05) is 0 Å². The summed E-state index contributed by atoms with van der Waals surface area (Å²) in [5.41, 5.74) is 2.92. The van der Waals surface area contributed by atoms with Gasteiger partial charge in [-0.25, -0.2) is 8.78 Å². The molecule has 0 spiro atoms. The zero-order valence-corrected chi connectivity index (χ0v) is 14.6. The molecule has 0 bridgehead atoms. The predicted molar refractivity (Wildman–Crippen MR) is 91.5 cm³/mol. The summed E-state index contributed by atoms with van der Waals surface area (Å²) in [6.45, 7) is 6.27. The molecule has 0 heterocycles. The van der Waals surface area contributed by atoms with Crippen molar-refractivity contribution in [2.24, 2.45) is 11.3 Å². The van der Waals surface area contributed by atoms with Crippen molar-refractivity contribution in [1.82, 2.24) is 0 Å². The maximum atomic E-state index is 14.2. The molecular formula is C21H28F2. The maximum absolute atomic E-state index is 14.2. The third-order valence-electron chi connectivity index (χ3n) is 6.47. The average Bonchev–Trinajstić information content (AvgIpc) is 2.56. The zero-order valence-electron chi connectivity index (χ0n) is 14.6. The van der Waals surface area contributed by atoms with Crippen LogP contribution in [0, 0.1) is 29.9 Å². The normalized spacial score (nSPS) is 31.8. The van der Waals surface area contributed by atoms with Crippen molar-refractivity contribution < 1.29 is 8.78 Å². The third-order valence-corrected chi connectivity index (χ3v) is 6.47. The van der Waals surface area contributed by atoms with Crippen LogP contribution in [0.3, 0.4) is 0 Å². The number of rotatable bonds is 2. The summed E-state index contributed by atoms with van der Waals surface area (Å²) in [6.07, 6.45) is 10.3. The van der Waals surface area contributed by atoms with Gasteiger partial charge < -0.3 is 0 Å². The Labute approximate surface area is 139 Å². The van der Waals surface area contributed by atoms with Crippen molar-refractivity contribution >= 4 is 0 Å². The standard InChI is InChI=1S/C21H28F2/c1-14-10-12-21(3,13-11-14)17-7-5-16(6-8-17)18-9-4-15(2)19(22)20(18)23/h4,9-10,16-17H,5-8,11-13H2,1-3H3/t16?,17?,21-/m0/s1. The first-order valence-electron chi connectivity index (χ1n) is 9.01. The van der Waals surface area contributed by atoms with Crippen LogP contribution in [0.4, 0.5) is 8.78 Å². The van der Waals surface area contributed by atoms with Crippen LogP contribution in [-0.4, -0.2) is 0 Å². The number of halogens is 2.